The third-order valence-corrected chi connectivity index (χ3v) is 5.98. The number of thiophene rings is 1. The van der Waals surface area contributed by atoms with Crippen molar-refractivity contribution in [1.29, 1.82) is 0 Å². The van der Waals surface area contributed by atoms with Gasteiger partial charge in [-0.1, -0.05) is 25.0 Å². The molecule has 2 aliphatic rings. The van der Waals surface area contributed by atoms with E-state index in [1.165, 1.54) is 17.7 Å². The molecule has 4 rings (SSSR count). The smallest absolute Gasteiger partial charge is 0.231 e. The van der Waals surface area contributed by atoms with Crippen molar-refractivity contribution in [2.24, 2.45) is 0 Å². The summed E-state index contributed by atoms with van der Waals surface area (Å²) in [4.78, 5) is 16.3. The summed E-state index contributed by atoms with van der Waals surface area (Å²) in [6, 6.07) is 10.5. The van der Waals surface area contributed by atoms with Crippen LogP contribution in [-0.4, -0.2) is 23.6 Å². The van der Waals surface area contributed by atoms with Gasteiger partial charge in [0.05, 0.1) is 0 Å². The summed E-state index contributed by atoms with van der Waals surface area (Å²) in [5.41, 5.74) is 1.11. The van der Waals surface area contributed by atoms with E-state index in [-0.39, 0.29) is 12.7 Å². The molecule has 1 aromatic carbocycles. The molecule has 25 heavy (non-hydrogen) atoms. The summed E-state index contributed by atoms with van der Waals surface area (Å²) in [6.45, 7) is 0.940. The predicted octanol–water partition coefficient (Wildman–Crippen LogP) is 4.38. The van der Waals surface area contributed by atoms with Gasteiger partial charge in [-0.25, -0.2) is 0 Å². The highest BCUT2D eigenvalue weighted by Crippen LogP contribution is 2.34. The topological polar surface area (TPSA) is 38.8 Å². The van der Waals surface area contributed by atoms with Gasteiger partial charge in [0, 0.05) is 23.9 Å². The quantitative estimate of drug-likeness (QED) is 0.770. The summed E-state index contributed by atoms with van der Waals surface area (Å²) < 4.78 is 10.9. The van der Waals surface area contributed by atoms with Crippen LogP contribution in [0.4, 0.5) is 0 Å². The maximum Gasteiger partial charge on any atom is 0.231 e. The molecule has 1 fully saturated rings. The maximum absolute atomic E-state index is 12.9. The molecule has 0 bridgehead atoms. The average Bonchev–Trinajstić information content (AvgIpc) is 3.39. The Morgan fingerprint density at radius 1 is 1.16 bits per heavy atom. The summed E-state index contributed by atoms with van der Waals surface area (Å²) >= 11 is 1.73. The molecule has 1 aliphatic carbocycles. The molecular weight excluding hydrogens is 334 g/mol. The second-order valence-electron chi connectivity index (χ2n) is 6.73. The van der Waals surface area contributed by atoms with E-state index < -0.39 is 0 Å². The fourth-order valence-electron chi connectivity index (χ4n) is 3.70. The summed E-state index contributed by atoms with van der Waals surface area (Å²) in [7, 11) is 0. The van der Waals surface area contributed by atoms with Crippen molar-refractivity contribution in [3.05, 3.63) is 46.2 Å². The lowest BCUT2D eigenvalue weighted by Crippen LogP contribution is -2.38. The molecule has 2 heterocycles. The molecule has 1 amide bonds. The van der Waals surface area contributed by atoms with Crippen LogP contribution in [-0.2, 0) is 17.8 Å². The van der Waals surface area contributed by atoms with Gasteiger partial charge >= 0.3 is 0 Å². The molecule has 0 N–H and O–H groups in total. The number of nitrogens with zero attached hydrogens (tertiary/aromatic N) is 1. The lowest BCUT2D eigenvalue weighted by Gasteiger charge is -2.29. The number of rotatable bonds is 6. The third-order valence-electron chi connectivity index (χ3n) is 5.04. The Kier molecular flexibility index (Phi) is 4.92. The van der Waals surface area contributed by atoms with Gasteiger partial charge in [0.25, 0.3) is 0 Å². The second kappa shape index (κ2) is 7.48. The number of amides is 1. The van der Waals surface area contributed by atoms with Crippen LogP contribution in [0.15, 0.2) is 35.7 Å². The van der Waals surface area contributed by atoms with Gasteiger partial charge in [-0.15, -0.1) is 11.3 Å². The van der Waals surface area contributed by atoms with Crippen LogP contribution in [0.2, 0.25) is 0 Å². The summed E-state index contributed by atoms with van der Waals surface area (Å²) in [5, 5.41) is 2.07. The lowest BCUT2D eigenvalue weighted by molar-refractivity contribution is -0.134. The van der Waals surface area contributed by atoms with E-state index in [9.17, 15) is 4.79 Å². The van der Waals surface area contributed by atoms with Crippen LogP contribution in [0.5, 0.6) is 11.5 Å². The van der Waals surface area contributed by atoms with Crippen LogP contribution >= 0.6 is 11.3 Å². The zero-order valence-corrected chi connectivity index (χ0v) is 15.1. The Morgan fingerprint density at radius 2 is 2.00 bits per heavy atom. The van der Waals surface area contributed by atoms with Gasteiger partial charge in [-0.2, -0.15) is 0 Å². The third kappa shape index (κ3) is 3.82. The second-order valence-corrected chi connectivity index (χ2v) is 7.76. The molecule has 0 atom stereocenters. The fraction of sp³-hybridized carbons (Fsp3) is 0.450. The molecule has 5 heteroatoms. The van der Waals surface area contributed by atoms with Crippen molar-refractivity contribution in [1.82, 2.24) is 4.90 Å². The first-order chi connectivity index (χ1) is 12.3. The van der Waals surface area contributed by atoms with Crippen molar-refractivity contribution < 1.29 is 14.3 Å². The number of benzene rings is 1. The van der Waals surface area contributed by atoms with Crippen LogP contribution < -0.4 is 9.47 Å². The first kappa shape index (κ1) is 16.5. The fourth-order valence-corrected chi connectivity index (χ4v) is 4.41. The predicted molar refractivity (Wildman–Crippen MR) is 98.0 cm³/mol. The number of ether oxygens (including phenoxy) is 2. The molecule has 2 aromatic rings. The largest absolute Gasteiger partial charge is 0.454 e. The van der Waals surface area contributed by atoms with Gasteiger partial charge < -0.3 is 14.4 Å². The van der Waals surface area contributed by atoms with E-state index in [0.717, 1.165) is 36.3 Å². The zero-order valence-electron chi connectivity index (χ0n) is 14.3. The highest BCUT2D eigenvalue weighted by atomic mass is 32.1. The number of hydrogen-bond acceptors (Lipinski definition) is 4. The first-order valence-corrected chi connectivity index (χ1v) is 9.88. The Balaban J connectivity index is 1.46. The Bertz CT molecular complexity index is 723. The van der Waals surface area contributed by atoms with Gasteiger partial charge in [-0.05, 0) is 48.4 Å². The summed E-state index contributed by atoms with van der Waals surface area (Å²) in [6.07, 6.45) is 6.11. The molecule has 132 valence electrons. The Labute approximate surface area is 152 Å². The number of hydrogen-bond donors (Lipinski definition) is 0. The number of carbonyl (C=O) groups is 1. The highest BCUT2D eigenvalue weighted by molar-refractivity contribution is 7.09. The van der Waals surface area contributed by atoms with Crippen LogP contribution in [0.1, 0.15) is 42.5 Å². The van der Waals surface area contributed by atoms with E-state index in [2.05, 4.69) is 16.3 Å². The molecule has 1 aliphatic heterocycles. The Hall–Kier alpha value is -2.01. The van der Waals surface area contributed by atoms with Crippen LogP contribution in [0.25, 0.3) is 0 Å². The van der Waals surface area contributed by atoms with Gasteiger partial charge in [0.1, 0.15) is 0 Å². The molecule has 4 nitrogen and oxygen atoms in total. The molecule has 0 unspecified atom stereocenters. The molecule has 1 saturated carbocycles. The minimum atomic E-state index is 0.262. The number of carbonyl (C=O) groups excluding carboxylic acids is 1. The minimum Gasteiger partial charge on any atom is -0.454 e. The van der Waals surface area contributed by atoms with E-state index in [0.29, 0.717) is 19.0 Å². The van der Waals surface area contributed by atoms with Gasteiger partial charge in [0.2, 0.25) is 12.7 Å². The monoisotopic (exact) mass is 357 g/mol. The Morgan fingerprint density at radius 3 is 2.80 bits per heavy atom. The molecule has 1 aromatic heterocycles. The molecule has 0 saturated heterocycles. The number of aryl methyl sites for hydroxylation is 1. The maximum atomic E-state index is 12.9. The molecule has 0 spiro atoms. The molecule has 0 radical (unpaired) electrons. The van der Waals surface area contributed by atoms with Crippen molar-refractivity contribution in [2.45, 2.75) is 51.1 Å². The van der Waals surface area contributed by atoms with E-state index in [1.54, 1.807) is 11.3 Å². The van der Waals surface area contributed by atoms with E-state index in [1.807, 2.05) is 24.3 Å². The van der Waals surface area contributed by atoms with E-state index >= 15 is 0 Å². The van der Waals surface area contributed by atoms with Gasteiger partial charge in [0.15, 0.2) is 11.5 Å². The minimum absolute atomic E-state index is 0.262. The van der Waals surface area contributed by atoms with Crippen LogP contribution in [0.3, 0.4) is 0 Å². The average molecular weight is 357 g/mol. The normalized spacial score (nSPS) is 16.3. The summed E-state index contributed by atoms with van der Waals surface area (Å²) in [5.74, 6) is 1.84. The van der Waals surface area contributed by atoms with Gasteiger partial charge in [-0.3, -0.25) is 4.79 Å². The van der Waals surface area contributed by atoms with Crippen molar-refractivity contribution in [2.75, 3.05) is 6.79 Å². The lowest BCUT2D eigenvalue weighted by atomic mass is 10.1. The molecular formula is C20H23NO3S. The zero-order chi connectivity index (χ0) is 17.1. The number of fused-ring (bicyclic) bond motifs is 1. The van der Waals surface area contributed by atoms with Crippen molar-refractivity contribution >= 4 is 17.2 Å². The van der Waals surface area contributed by atoms with Crippen LogP contribution in [0, 0.1) is 0 Å². The van der Waals surface area contributed by atoms with Crippen molar-refractivity contribution in [3.63, 3.8) is 0 Å². The SMILES string of the molecule is O=C(CCc1cccs1)N(Cc1ccc2c(c1)OCO2)C1CCCC1. The van der Waals surface area contributed by atoms with E-state index in [4.69, 9.17) is 9.47 Å². The highest BCUT2D eigenvalue weighted by Gasteiger charge is 2.27. The standard InChI is InChI=1S/C20H23NO3S/c22-20(10-8-17-6-3-11-25-17)21(16-4-1-2-5-16)13-15-7-9-18-19(12-15)24-14-23-18/h3,6-7,9,11-12,16H,1-2,4-5,8,10,13-14H2. The first-order valence-electron chi connectivity index (χ1n) is 9.00. The van der Waals surface area contributed by atoms with Crippen molar-refractivity contribution in [3.8, 4) is 11.5 Å².